The van der Waals surface area contributed by atoms with Crippen molar-refractivity contribution in [2.75, 3.05) is 0 Å². The predicted molar refractivity (Wildman–Crippen MR) is 113 cm³/mol. The molecule has 2 aromatic carbocycles. The molecule has 0 radical (unpaired) electrons. The van der Waals surface area contributed by atoms with Gasteiger partial charge < -0.3 is 4.98 Å². The summed E-state index contributed by atoms with van der Waals surface area (Å²) in [4.78, 5) is 8.32. The summed E-state index contributed by atoms with van der Waals surface area (Å²) in [7, 11) is 0. The first-order valence-corrected chi connectivity index (χ1v) is 10.0. The molecule has 4 aromatic rings. The van der Waals surface area contributed by atoms with Gasteiger partial charge in [0.2, 0.25) is 0 Å². The molecule has 2 aromatic heterocycles. The fourth-order valence-electron chi connectivity index (χ4n) is 3.64. The molecule has 0 unspecified atom stereocenters. The van der Waals surface area contributed by atoms with Gasteiger partial charge in [0, 0.05) is 22.5 Å². The molecular weight excluding hydrogens is 336 g/mol. The van der Waals surface area contributed by atoms with Crippen molar-refractivity contribution in [1.29, 1.82) is 0 Å². The molecule has 0 bridgehead atoms. The van der Waals surface area contributed by atoms with Crippen LogP contribution in [0.25, 0.3) is 21.1 Å². The molecule has 0 aliphatic rings. The number of fused-ring (bicyclic) bond motifs is 2. The molecule has 0 saturated heterocycles. The highest BCUT2D eigenvalue weighted by molar-refractivity contribution is 7.18. The van der Waals surface area contributed by atoms with Crippen LogP contribution < -0.4 is 0 Å². The van der Waals surface area contributed by atoms with E-state index in [-0.39, 0.29) is 10.8 Å². The Morgan fingerprint density at radius 2 is 1.77 bits per heavy atom. The molecule has 2 nitrogen and oxygen atoms in total. The van der Waals surface area contributed by atoms with Crippen molar-refractivity contribution in [3.63, 3.8) is 0 Å². The van der Waals surface area contributed by atoms with Gasteiger partial charge >= 0.3 is 0 Å². The highest BCUT2D eigenvalue weighted by atomic mass is 32.1. The Bertz CT molecular complexity index is 1080. The quantitative estimate of drug-likeness (QED) is 0.437. The minimum Gasteiger partial charge on any atom is -0.361 e. The first kappa shape index (κ1) is 17.3. The summed E-state index contributed by atoms with van der Waals surface area (Å²) in [6, 6.07) is 15.3. The van der Waals surface area contributed by atoms with Crippen LogP contribution in [0.4, 0.5) is 0 Å². The smallest absolute Gasteiger partial charge is 0.0992 e. The fraction of sp³-hybridized carbons (Fsp3) is 0.348. The van der Waals surface area contributed by atoms with Crippen molar-refractivity contribution >= 4 is 32.5 Å². The Balaban J connectivity index is 1.69. The van der Waals surface area contributed by atoms with E-state index < -0.39 is 0 Å². The molecule has 0 atom stereocenters. The SMILES string of the molecule is CC(C)(C)c1nc2cc(CC(C)(C)c3c[nH]c4ccccc34)ccc2s1. The van der Waals surface area contributed by atoms with Gasteiger partial charge in [0.15, 0.2) is 0 Å². The number of aromatic nitrogens is 2. The number of H-pyrrole nitrogens is 1. The first-order valence-electron chi connectivity index (χ1n) is 9.21. The lowest BCUT2D eigenvalue weighted by atomic mass is 9.79. The summed E-state index contributed by atoms with van der Waals surface area (Å²) in [6.45, 7) is 11.3. The van der Waals surface area contributed by atoms with Crippen LogP contribution in [0.3, 0.4) is 0 Å². The van der Waals surface area contributed by atoms with Crippen LogP contribution in [0.1, 0.15) is 50.8 Å². The minimum absolute atomic E-state index is 0.0517. The molecule has 0 saturated carbocycles. The van der Waals surface area contributed by atoms with E-state index in [2.05, 4.69) is 88.3 Å². The second kappa shape index (κ2) is 5.95. The summed E-state index contributed by atoms with van der Waals surface area (Å²) >= 11 is 1.81. The Labute approximate surface area is 159 Å². The molecular formula is C23H26N2S. The van der Waals surface area contributed by atoms with Crippen LogP contribution in [-0.4, -0.2) is 9.97 Å². The van der Waals surface area contributed by atoms with Gasteiger partial charge in [-0.3, -0.25) is 0 Å². The van der Waals surface area contributed by atoms with Crippen molar-refractivity contribution in [2.24, 2.45) is 0 Å². The number of para-hydroxylation sites is 1. The van der Waals surface area contributed by atoms with Gasteiger partial charge in [-0.15, -0.1) is 11.3 Å². The van der Waals surface area contributed by atoms with Gasteiger partial charge in [0.25, 0.3) is 0 Å². The maximum atomic E-state index is 4.90. The highest BCUT2D eigenvalue weighted by Crippen LogP contribution is 2.35. The monoisotopic (exact) mass is 362 g/mol. The molecule has 0 fully saturated rings. The van der Waals surface area contributed by atoms with Crippen LogP contribution in [-0.2, 0) is 17.3 Å². The number of aromatic amines is 1. The van der Waals surface area contributed by atoms with Gasteiger partial charge in [-0.05, 0) is 41.2 Å². The van der Waals surface area contributed by atoms with Crippen LogP contribution >= 0.6 is 11.3 Å². The summed E-state index contributed by atoms with van der Waals surface area (Å²) in [5.74, 6) is 0. The van der Waals surface area contributed by atoms with Crippen LogP contribution in [0.2, 0.25) is 0 Å². The normalized spacial score (nSPS) is 13.0. The van der Waals surface area contributed by atoms with Gasteiger partial charge in [-0.1, -0.05) is 58.9 Å². The van der Waals surface area contributed by atoms with E-state index in [1.165, 1.54) is 31.7 Å². The summed E-state index contributed by atoms with van der Waals surface area (Å²) in [5, 5.41) is 2.53. The van der Waals surface area contributed by atoms with E-state index in [1.54, 1.807) is 0 Å². The average Bonchev–Trinajstić information content (AvgIpc) is 3.18. The van der Waals surface area contributed by atoms with Gasteiger partial charge in [-0.25, -0.2) is 4.98 Å². The van der Waals surface area contributed by atoms with Crippen LogP contribution in [0, 0.1) is 0 Å². The number of benzene rings is 2. The fourth-order valence-corrected chi connectivity index (χ4v) is 4.64. The molecule has 26 heavy (non-hydrogen) atoms. The second-order valence-electron chi connectivity index (χ2n) is 8.88. The highest BCUT2D eigenvalue weighted by Gasteiger charge is 2.25. The molecule has 134 valence electrons. The molecule has 2 heterocycles. The maximum Gasteiger partial charge on any atom is 0.0992 e. The number of hydrogen-bond acceptors (Lipinski definition) is 2. The lowest BCUT2D eigenvalue weighted by Gasteiger charge is -2.24. The molecule has 0 spiro atoms. The number of thiazole rings is 1. The third-order valence-electron chi connectivity index (χ3n) is 5.06. The Hall–Kier alpha value is -2.13. The molecule has 0 aliphatic carbocycles. The number of nitrogens with one attached hydrogen (secondary N) is 1. The van der Waals surface area contributed by atoms with E-state index >= 15 is 0 Å². The lowest BCUT2D eigenvalue weighted by molar-refractivity contribution is 0.527. The Kier molecular flexibility index (Phi) is 3.96. The Morgan fingerprint density at radius 3 is 2.54 bits per heavy atom. The molecule has 1 N–H and O–H groups in total. The average molecular weight is 363 g/mol. The third kappa shape index (κ3) is 3.05. The topological polar surface area (TPSA) is 28.7 Å². The van der Waals surface area contributed by atoms with Gasteiger partial charge in [0.05, 0.1) is 15.2 Å². The van der Waals surface area contributed by atoms with Crippen LogP contribution in [0.15, 0.2) is 48.7 Å². The zero-order chi connectivity index (χ0) is 18.5. The second-order valence-corrected chi connectivity index (χ2v) is 9.91. The zero-order valence-corrected chi connectivity index (χ0v) is 17.0. The number of hydrogen-bond donors (Lipinski definition) is 1. The first-order chi connectivity index (χ1) is 12.2. The van der Waals surface area contributed by atoms with E-state index in [0.29, 0.717) is 0 Å². The maximum absolute atomic E-state index is 4.90. The zero-order valence-electron chi connectivity index (χ0n) is 16.2. The predicted octanol–water partition coefficient (Wildman–Crippen LogP) is 6.60. The van der Waals surface area contributed by atoms with Crippen molar-refractivity contribution < 1.29 is 0 Å². The van der Waals surface area contributed by atoms with E-state index in [4.69, 9.17) is 4.98 Å². The lowest BCUT2D eigenvalue weighted by Crippen LogP contribution is -2.20. The summed E-state index contributed by atoms with van der Waals surface area (Å²) < 4.78 is 1.28. The minimum atomic E-state index is 0.0517. The third-order valence-corrected chi connectivity index (χ3v) is 6.52. The summed E-state index contributed by atoms with van der Waals surface area (Å²) in [5.41, 5.74) is 5.22. The summed E-state index contributed by atoms with van der Waals surface area (Å²) in [6.07, 6.45) is 3.16. The standard InChI is InChI=1S/C23H26N2S/c1-22(2,3)21-25-19-12-15(10-11-20(19)26-21)13-23(4,5)17-14-24-18-9-7-6-8-16(17)18/h6-12,14,24H,13H2,1-5H3. The van der Waals surface area contributed by atoms with E-state index in [9.17, 15) is 0 Å². The van der Waals surface area contributed by atoms with Crippen LogP contribution in [0.5, 0.6) is 0 Å². The number of nitrogens with zero attached hydrogens (tertiary/aromatic N) is 1. The molecule has 4 rings (SSSR count). The van der Waals surface area contributed by atoms with Crippen molar-refractivity contribution in [1.82, 2.24) is 9.97 Å². The van der Waals surface area contributed by atoms with Crippen molar-refractivity contribution in [2.45, 2.75) is 51.9 Å². The van der Waals surface area contributed by atoms with E-state index in [1.807, 2.05) is 11.3 Å². The van der Waals surface area contributed by atoms with Crippen molar-refractivity contribution in [3.8, 4) is 0 Å². The van der Waals surface area contributed by atoms with Gasteiger partial charge in [0.1, 0.15) is 0 Å². The Morgan fingerprint density at radius 1 is 1.00 bits per heavy atom. The molecule has 0 aliphatic heterocycles. The van der Waals surface area contributed by atoms with Crippen molar-refractivity contribution in [3.05, 3.63) is 64.8 Å². The largest absolute Gasteiger partial charge is 0.361 e. The van der Waals surface area contributed by atoms with E-state index in [0.717, 1.165) is 11.9 Å². The molecule has 3 heteroatoms. The van der Waals surface area contributed by atoms with Gasteiger partial charge in [-0.2, -0.15) is 0 Å². The molecule has 0 amide bonds. The number of rotatable bonds is 3.